The van der Waals surface area contributed by atoms with Crippen LogP contribution in [-0.4, -0.2) is 0 Å². The Morgan fingerprint density at radius 2 is 0.942 bits per heavy atom. The Labute approximate surface area is 305 Å². The van der Waals surface area contributed by atoms with Crippen molar-refractivity contribution in [1.29, 1.82) is 0 Å². The summed E-state index contributed by atoms with van der Waals surface area (Å²) < 4.78 is 8.89. The molecule has 0 amide bonds. The van der Waals surface area contributed by atoms with Gasteiger partial charge in [0.25, 0.3) is 0 Å². The van der Waals surface area contributed by atoms with Gasteiger partial charge in [-0.3, -0.25) is 0 Å². The van der Waals surface area contributed by atoms with E-state index in [1.807, 2.05) is 23.5 Å². The summed E-state index contributed by atoms with van der Waals surface area (Å²) in [5.41, 5.74) is 12.5. The van der Waals surface area contributed by atoms with Gasteiger partial charge in [-0.05, 0) is 81.9 Å². The van der Waals surface area contributed by atoms with Gasteiger partial charge < -0.3 is 9.32 Å². The zero-order chi connectivity index (χ0) is 34.2. The fourth-order valence-electron chi connectivity index (χ4n) is 8.73. The summed E-state index contributed by atoms with van der Waals surface area (Å²) in [5, 5.41) is 4.83. The molecule has 0 unspecified atom stereocenters. The van der Waals surface area contributed by atoms with Crippen molar-refractivity contribution in [2.45, 2.75) is 5.41 Å². The summed E-state index contributed by atoms with van der Waals surface area (Å²) in [6.45, 7) is 0. The number of para-hydroxylation sites is 2. The molecule has 0 atom stereocenters. The number of anilines is 3. The fraction of sp³-hybridized carbons (Fsp3) is 0.0204. The quantitative estimate of drug-likeness (QED) is 0.180. The largest absolute Gasteiger partial charge is 0.456 e. The molecule has 0 fully saturated rings. The van der Waals surface area contributed by atoms with Crippen LogP contribution in [0.5, 0.6) is 0 Å². The van der Waals surface area contributed by atoms with E-state index in [2.05, 4.69) is 181 Å². The van der Waals surface area contributed by atoms with Crippen LogP contribution < -0.4 is 4.90 Å². The lowest BCUT2D eigenvalue weighted by atomic mass is 9.67. The predicted octanol–water partition coefficient (Wildman–Crippen LogP) is 13.8. The van der Waals surface area contributed by atoms with E-state index in [0.717, 1.165) is 39.0 Å². The van der Waals surface area contributed by atoms with Crippen molar-refractivity contribution >= 4 is 70.5 Å². The van der Waals surface area contributed by atoms with E-state index >= 15 is 0 Å². The van der Waals surface area contributed by atoms with Crippen molar-refractivity contribution in [3.05, 3.63) is 210 Å². The molecule has 52 heavy (non-hydrogen) atoms. The lowest BCUT2D eigenvalue weighted by molar-refractivity contribution is 0.669. The third-order valence-corrected chi connectivity index (χ3v) is 12.1. The first-order valence-electron chi connectivity index (χ1n) is 17.8. The molecule has 1 aliphatic rings. The van der Waals surface area contributed by atoms with Gasteiger partial charge >= 0.3 is 0 Å². The van der Waals surface area contributed by atoms with E-state index in [0.29, 0.717) is 0 Å². The first-order chi connectivity index (χ1) is 25.8. The summed E-state index contributed by atoms with van der Waals surface area (Å²) in [5.74, 6) is 0. The number of hydrogen-bond donors (Lipinski definition) is 0. The number of rotatable bonds is 5. The van der Waals surface area contributed by atoms with Gasteiger partial charge in [-0.25, -0.2) is 0 Å². The van der Waals surface area contributed by atoms with Crippen LogP contribution in [0, 0.1) is 0 Å². The van der Waals surface area contributed by atoms with Crippen molar-refractivity contribution in [1.82, 2.24) is 0 Å². The summed E-state index contributed by atoms with van der Waals surface area (Å²) in [4.78, 5) is 2.33. The summed E-state index contributed by atoms with van der Waals surface area (Å²) >= 11 is 1.87. The number of nitrogens with zero attached hydrogens (tertiary/aromatic N) is 1. The molecule has 0 saturated heterocycles. The number of fused-ring (bicyclic) bond motifs is 9. The maximum atomic E-state index is 6.34. The first-order valence-corrected chi connectivity index (χ1v) is 18.6. The number of furan rings is 1. The normalized spacial score (nSPS) is 13.2. The standard InChI is InChI=1S/C49H31NOS/c1-3-13-32(14-4-1)49(43-20-10-7-17-37(43)38-18-8-11-21-44(38)49)33-23-26-41-42-28-25-36(31-48(42)52-47(41)29-33)50(34-15-5-2-6-16-34)35-24-27-40-39-19-9-12-22-45(39)51-46(40)30-35/h1-31H. The van der Waals surface area contributed by atoms with Crippen LogP contribution in [0.15, 0.2) is 192 Å². The van der Waals surface area contributed by atoms with Gasteiger partial charge in [0.15, 0.2) is 0 Å². The minimum Gasteiger partial charge on any atom is -0.456 e. The second-order valence-electron chi connectivity index (χ2n) is 13.7. The Morgan fingerprint density at radius 1 is 0.385 bits per heavy atom. The highest BCUT2D eigenvalue weighted by Crippen LogP contribution is 2.56. The molecule has 8 aromatic carbocycles. The molecule has 0 radical (unpaired) electrons. The van der Waals surface area contributed by atoms with Gasteiger partial charge in [0, 0.05) is 54.1 Å². The van der Waals surface area contributed by atoms with Gasteiger partial charge in [0.05, 0.1) is 5.41 Å². The SMILES string of the molecule is c1ccc(N(c2ccc3c(c2)oc2ccccc23)c2ccc3c(c2)sc2cc(C4(c5ccccc5)c5ccccc5-c5ccccc54)ccc23)cc1. The van der Waals surface area contributed by atoms with Crippen molar-refractivity contribution in [3.63, 3.8) is 0 Å². The second-order valence-corrected chi connectivity index (χ2v) is 14.7. The van der Waals surface area contributed by atoms with Crippen molar-refractivity contribution < 1.29 is 4.42 Å². The molecule has 0 bridgehead atoms. The molecule has 3 heteroatoms. The molecule has 1 aliphatic carbocycles. The highest BCUT2D eigenvalue weighted by atomic mass is 32.1. The van der Waals surface area contributed by atoms with E-state index in [1.54, 1.807) is 0 Å². The van der Waals surface area contributed by atoms with Gasteiger partial charge in [-0.15, -0.1) is 11.3 Å². The number of thiophene rings is 1. The number of benzene rings is 8. The van der Waals surface area contributed by atoms with E-state index in [-0.39, 0.29) is 0 Å². The van der Waals surface area contributed by atoms with E-state index in [9.17, 15) is 0 Å². The number of hydrogen-bond acceptors (Lipinski definition) is 3. The Hall–Kier alpha value is -6.42. The maximum absolute atomic E-state index is 6.34. The molecule has 2 aromatic heterocycles. The first kappa shape index (κ1) is 29.3. The van der Waals surface area contributed by atoms with Gasteiger partial charge in [-0.2, -0.15) is 0 Å². The molecule has 0 N–H and O–H groups in total. The molecule has 2 nitrogen and oxygen atoms in total. The highest BCUT2D eigenvalue weighted by molar-refractivity contribution is 7.25. The Bertz CT molecular complexity index is 2930. The lowest BCUT2D eigenvalue weighted by Gasteiger charge is -2.33. The topological polar surface area (TPSA) is 16.4 Å². The molecule has 10 aromatic rings. The molecule has 11 rings (SSSR count). The van der Waals surface area contributed by atoms with Crippen molar-refractivity contribution in [2.24, 2.45) is 0 Å². The Morgan fingerprint density at radius 3 is 1.69 bits per heavy atom. The fourth-order valence-corrected chi connectivity index (χ4v) is 9.91. The Kier molecular flexibility index (Phi) is 6.37. The van der Waals surface area contributed by atoms with Crippen molar-refractivity contribution in [3.8, 4) is 11.1 Å². The van der Waals surface area contributed by atoms with Crippen LogP contribution in [0.25, 0.3) is 53.2 Å². The molecule has 2 heterocycles. The molecule has 0 spiro atoms. The average Bonchev–Trinajstić information content (AvgIpc) is 3.86. The maximum Gasteiger partial charge on any atom is 0.137 e. The second kappa shape index (κ2) is 11.3. The van der Waals surface area contributed by atoms with Gasteiger partial charge in [0.1, 0.15) is 11.2 Å². The molecule has 244 valence electrons. The molecule has 0 aliphatic heterocycles. The zero-order valence-corrected chi connectivity index (χ0v) is 29.0. The van der Waals surface area contributed by atoms with Crippen LogP contribution in [-0.2, 0) is 5.41 Å². The highest BCUT2D eigenvalue weighted by Gasteiger charge is 2.45. The summed E-state index contributed by atoms with van der Waals surface area (Å²) in [7, 11) is 0. The van der Waals surface area contributed by atoms with Crippen LogP contribution in [0.3, 0.4) is 0 Å². The smallest absolute Gasteiger partial charge is 0.137 e. The third-order valence-electron chi connectivity index (χ3n) is 10.9. The van der Waals surface area contributed by atoms with Crippen molar-refractivity contribution in [2.75, 3.05) is 4.90 Å². The van der Waals surface area contributed by atoms with Crippen LogP contribution in [0.4, 0.5) is 17.1 Å². The average molecular weight is 682 g/mol. The summed E-state index contributed by atoms with van der Waals surface area (Å²) in [6, 6.07) is 68.5. The predicted molar refractivity (Wildman–Crippen MR) is 219 cm³/mol. The molecular formula is C49H31NOS. The molecular weight excluding hydrogens is 651 g/mol. The van der Waals surface area contributed by atoms with Gasteiger partial charge in [-0.1, -0.05) is 133 Å². The Balaban J connectivity index is 1.09. The monoisotopic (exact) mass is 681 g/mol. The minimum atomic E-state index is -0.413. The lowest BCUT2D eigenvalue weighted by Crippen LogP contribution is -2.28. The minimum absolute atomic E-state index is 0.413. The van der Waals surface area contributed by atoms with E-state index < -0.39 is 5.41 Å². The van der Waals surface area contributed by atoms with Crippen LogP contribution >= 0.6 is 11.3 Å². The van der Waals surface area contributed by atoms with Crippen LogP contribution in [0.2, 0.25) is 0 Å². The molecule has 0 saturated carbocycles. The van der Waals surface area contributed by atoms with E-state index in [4.69, 9.17) is 4.42 Å². The van der Waals surface area contributed by atoms with E-state index in [1.165, 1.54) is 53.6 Å². The van der Waals surface area contributed by atoms with Crippen LogP contribution in [0.1, 0.15) is 22.3 Å². The van der Waals surface area contributed by atoms with Gasteiger partial charge in [0.2, 0.25) is 0 Å². The zero-order valence-electron chi connectivity index (χ0n) is 28.2. The summed E-state index contributed by atoms with van der Waals surface area (Å²) in [6.07, 6.45) is 0. The third kappa shape index (κ3) is 4.17.